The Morgan fingerprint density at radius 1 is 1.19 bits per heavy atom. The Labute approximate surface area is 120 Å². The number of nitrogens with two attached hydrogens (primary N) is 1. The van der Waals surface area contributed by atoms with Crippen molar-refractivity contribution in [3.05, 3.63) is 52.7 Å². The summed E-state index contributed by atoms with van der Waals surface area (Å²) in [5.41, 5.74) is 6.49. The van der Waals surface area contributed by atoms with Gasteiger partial charge < -0.3 is 20.0 Å². The van der Waals surface area contributed by atoms with E-state index in [-0.39, 0.29) is 11.1 Å². The third-order valence-corrected chi connectivity index (χ3v) is 3.25. The molecule has 0 unspecified atom stereocenters. The third-order valence-electron chi connectivity index (χ3n) is 3.25. The molecule has 106 valence electrons. The molecule has 0 saturated carbocycles. The van der Waals surface area contributed by atoms with Crippen molar-refractivity contribution < 1.29 is 14.3 Å². The van der Waals surface area contributed by atoms with Gasteiger partial charge in [-0.25, -0.2) is 0 Å². The first-order valence-electron chi connectivity index (χ1n) is 6.30. The molecular weight excluding hydrogens is 270 g/mol. The van der Waals surface area contributed by atoms with E-state index in [0.29, 0.717) is 22.6 Å². The van der Waals surface area contributed by atoms with Crippen molar-refractivity contribution in [2.45, 2.75) is 0 Å². The summed E-state index contributed by atoms with van der Waals surface area (Å²) in [6.07, 6.45) is 0. The van der Waals surface area contributed by atoms with E-state index < -0.39 is 11.2 Å². The highest BCUT2D eigenvalue weighted by molar-refractivity contribution is 5.86. The number of anilines is 1. The highest BCUT2D eigenvalue weighted by Gasteiger charge is 2.16. The number of hydrogen-bond acceptors (Lipinski definition) is 5. The van der Waals surface area contributed by atoms with Gasteiger partial charge in [-0.3, -0.25) is 4.79 Å². The van der Waals surface area contributed by atoms with Crippen LogP contribution in [0.1, 0.15) is 0 Å². The lowest BCUT2D eigenvalue weighted by molar-refractivity contribution is 0.415. The third kappa shape index (κ3) is 2.08. The summed E-state index contributed by atoms with van der Waals surface area (Å²) in [7, 11) is 1.48. The van der Waals surface area contributed by atoms with E-state index in [1.165, 1.54) is 19.2 Å². The highest BCUT2D eigenvalue weighted by atomic mass is 16.5. The molecule has 0 saturated heterocycles. The van der Waals surface area contributed by atoms with Gasteiger partial charge in [0.1, 0.15) is 11.3 Å². The Balaban J connectivity index is 2.36. The molecule has 0 spiro atoms. The Morgan fingerprint density at radius 3 is 2.57 bits per heavy atom. The molecule has 21 heavy (non-hydrogen) atoms. The first-order chi connectivity index (χ1) is 10.1. The number of aromatic hydroxyl groups is 1. The van der Waals surface area contributed by atoms with E-state index in [1.807, 2.05) is 6.07 Å². The fraction of sp³-hybridized carbons (Fsp3) is 0.0625. The monoisotopic (exact) mass is 283 g/mol. The smallest absolute Gasteiger partial charge is 0.235 e. The van der Waals surface area contributed by atoms with Crippen LogP contribution in [0, 0.1) is 0 Å². The topological polar surface area (TPSA) is 85.7 Å². The number of methoxy groups -OCH3 is 1. The minimum absolute atomic E-state index is 0.125. The van der Waals surface area contributed by atoms with Crippen LogP contribution >= 0.6 is 0 Å². The van der Waals surface area contributed by atoms with Gasteiger partial charge in [-0.05, 0) is 6.07 Å². The largest absolute Gasteiger partial charge is 0.502 e. The van der Waals surface area contributed by atoms with E-state index in [4.69, 9.17) is 14.9 Å². The molecule has 5 heteroatoms. The van der Waals surface area contributed by atoms with Crippen LogP contribution in [0.2, 0.25) is 0 Å². The number of fused-ring (bicyclic) bond motifs is 1. The minimum atomic E-state index is -0.524. The number of benzene rings is 2. The zero-order chi connectivity index (χ0) is 15.0. The first-order valence-corrected chi connectivity index (χ1v) is 6.30. The predicted octanol–water partition coefficient (Wildman–Crippen LogP) is 2.76. The van der Waals surface area contributed by atoms with Crippen molar-refractivity contribution in [2.75, 3.05) is 12.8 Å². The van der Waals surface area contributed by atoms with Crippen LogP contribution in [0.25, 0.3) is 22.3 Å². The van der Waals surface area contributed by atoms with Crippen molar-refractivity contribution in [2.24, 2.45) is 0 Å². The summed E-state index contributed by atoms with van der Waals surface area (Å²) < 4.78 is 10.8. The van der Waals surface area contributed by atoms with E-state index in [9.17, 15) is 9.90 Å². The Morgan fingerprint density at radius 2 is 1.90 bits per heavy atom. The molecule has 2 aromatic carbocycles. The van der Waals surface area contributed by atoms with Gasteiger partial charge >= 0.3 is 0 Å². The van der Waals surface area contributed by atoms with Gasteiger partial charge in [-0.2, -0.15) is 0 Å². The highest BCUT2D eigenvalue weighted by Crippen LogP contribution is 2.33. The summed E-state index contributed by atoms with van der Waals surface area (Å²) in [5, 5.41) is 10.3. The molecule has 3 N–H and O–H groups in total. The van der Waals surface area contributed by atoms with Gasteiger partial charge in [-0.1, -0.05) is 30.3 Å². The second kappa shape index (κ2) is 4.86. The van der Waals surface area contributed by atoms with Crippen molar-refractivity contribution >= 4 is 16.7 Å². The van der Waals surface area contributed by atoms with Gasteiger partial charge in [0.25, 0.3) is 0 Å². The molecule has 0 aliphatic rings. The van der Waals surface area contributed by atoms with Crippen LogP contribution in [-0.2, 0) is 0 Å². The summed E-state index contributed by atoms with van der Waals surface area (Å²) in [6.45, 7) is 0. The normalized spacial score (nSPS) is 10.7. The van der Waals surface area contributed by atoms with Crippen molar-refractivity contribution in [3.8, 4) is 22.8 Å². The average Bonchev–Trinajstić information content (AvgIpc) is 2.52. The maximum Gasteiger partial charge on any atom is 0.235 e. The Bertz CT molecular complexity index is 869. The van der Waals surface area contributed by atoms with Crippen LogP contribution in [0.15, 0.2) is 51.7 Å². The van der Waals surface area contributed by atoms with Crippen molar-refractivity contribution in [1.82, 2.24) is 0 Å². The molecule has 0 atom stereocenters. The van der Waals surface area contributed by atoms with Crippen molar-refractivity contribution in [3.63, 3.8) is 0 Å². The fourth-order valence-corrected chi connectivity index (χ4v) is 2.19. The second-order valence-electron chi connectivity index (χ2n) is 4.57. The number of nitrogen functional groups attached to an aromatic ring is 1. The maximum absolute atomic E-state index is 12.3. The zero-order valence-electron chi connectivity index (χ0n) is 11.3. The lowest BCUT2D eigenvalue weighted by atomic mass is 10.1. The van der Waals surface area contributed by atoms with E-state index in [0.717, 1.165) is 0 Å². The summed E-state index contributed by atoms with van der Waals surface area (Å²) in [6, 6.07) is 11.9. The van der Waals surface area contributed by atoms with Crippen LogP contribution in [0.4, 0.5) is 5.69 Å². The van der Waals surface area contributed by atoms with E-state index >= 15 is 0 Å². The molecule has 0 amide bonds. The Kier molecular flexibility index (Phi) is 3.02. The van der Waals surface area contributed by atoms with E-state index in [1.54, 1.807) is 24.3 Å². The van der Waals surface area contributed by atoms with Gasteiger partial charge in [-0.15, -0.1) is 0 Å². The molecule has 5 nitrogen and oxygen atoms in total. The van der Waals surface area contributed by atoms with Gasteiger partial charge in [0.2, 0.25) is 11.2 Å². The Hall–Kier alpha value is -2.95. The molecule has 1 heterocycles. The molecule has 0 bridgehead atoms. The maximum atomic E-state index is 12.3. The van der Waals surface area contributed by atoms with Crippen LogP contribution < -0.4 is 15.9 Å². The lowest BCUT2D eigenvalue weighted by Crippen LogP contribution is -2.04. The standard InChI is InChI=1S/C16H13NO4/c1-20-13-8-12-10(7-11(13)17)14(18)15(19)16(21-12)9-5-3-2-4-6-9/h2-8,19H,17H2,1H3. The predicted molar refractivity (Wildman–Crippen MR) is 80.5 cm³/mol. The molecule has 3 rings (SSSR count). The molecule has 0 aliphatic carbocycles. The summed E-state index contributed by atoms with van der Waals surface area (Å²) in [4.78, 5) is 12.3. The van der Waals surface area contributed by atoms with Gasteiger partial charge in [0.15, 0.2) is 5.76 Å². The lowest BCUT2D eigenvalue weighted by Gasteiger charge is -2.09. The SMILES string of the molecule is COc1cc2oc(-c3ccccc3)c(O)c(=O)c2cc1N. The molecular formula is C16H13NO4. The molecule has 0 aliphatic heterocycles. The van der Waals surface area contributed by atoms with Crippen LogP contribution in [-0.4, -0.2) is 12.2 Å². The van der Waals surface area contributed by atoms with Gasteiger partial charge in [0.05, 0.1) is 18.2 Å². The average molecular weight is 283 g/mol. The van der Waals surface area contributed by atoms with Crippen molar-refractivity contribution in [1.29, 1.82) is 0 Å². The summed E-state index contributed by atoms with van der Waals surface area (Å²) >= 11 is 0. The van der Waals surface area contributed by atoms with Crippen LogP contribution in [0.5, 0.6) is 11.5 Å². The molecule has 0 fully saturated rings. The van der Waals surface area contributed by atoms with E-state index in [2.05, 4.69) is 0 Å². The first kappa shape index (κ1) is 13.1. The number of ether oxygens (including phenoxy) is 1. The van der Waals surface area contributed by atoms with Crippen LogP contribution in [0.3, 0.4) is 0 Å². The molecule has 1 aromatic heterocycles. The quantitative estimate of drug-likeness (QED) is 0.706. The fourth-order valence-electron chi connectivity index (χ4n) is 2.19. The second-order valence-corrected chi connectivity index (χ2v) is 4.57. The van der Waals surface area contributed by atoms with Gasteiger partial charge in [0, 0.05) is 11.6 Å². The zero-order valence-corrected chi connectivity index (χ0v) is 11.3. The minimum Gasteiger partial charge on any atom is -0.502 e. The summed E-state index contributed by atoms with van der Waals surface area (Å²) in [5.74, 6) is 0.105. The number of rotatable bonds is 2. The number of hydrogen-bond donors (Lipinski definition) is 2. The molecule has 3 aromatic rings. The molecule has 0 radical (unpaired) electrons.